The first-order chi connectivity index (χ1) is 12.0. The van der Waals surface area contributed by atoms with Gasteiger partial charge in [-0.15, -0.1) is 0 Å². The van der Waals surface area contributed by atoms with Crippen molar-refractivity contribution < 1.29 is 14.8 Å². The summed E-state index contributed by atoms with van der Waals surface area (Å²) in [5.74, 6) is -0.499. The SMILES string of the molecule is CCOc1cc(C=NNC(=S)Nc2ccccc2)cc([N+](=O)[O-])c1O. The number of hydrazone groups is 1. The van der Waals surface area contributed by atoms with E-state index in [0.29, 0.717) is 5.56 Å². The number of hydrogen-bond acceptors (Lipinski definition) is 6. The molecule has 8 nitrogen and oxygen atoms in total. The topological polar surface area (TPSA) is 109 Å². The summed E-state index contributed by atoms with van der Waals surface area (Å²) in [5.41, 5.74) is 3.33. The van der Waals surface area contributed by atoms with E-state index in [1.54, 1.807) is 6.92 Å². The van der Waals surface area contributed by atoms with Gasteiger partial charge in [0.1, 0.15) is 0 Å². The Kier molecular flexibility index (Phi) is 6.24. The molecule has 0 aliphatic heterocycles. The maximum Gasteiger partial charge on any atom is 0.315 e. The standard InChI is InChI=1S/C16H16N4O4S/c1-2-24-14-9-11(8-13(15(14)21)20(22)23)10-17-19-16(25)18-12-6-4-3-5-7-12/h3-10,21H,2H2,1H3,(H2,18,19,25). The third-order valence-electron chi connectivity index (χ3n) is 2.99. The van der Waals surface area contributed by atoms with Crippen molar-refractivity contribution in [1.82, 2.24) is 5.43 Å². The first kappa shape index (κ1) is 18.1. The van der Waals surface area contributed by atoms with Crippen molar-refractivity contribution in [3.05, 3.63) is 58.1 Å². The molecule has 0 radical (unpaired) electrons. The molecule has 2 aromatic rings. The molecule has 0 saturated carbocycles. The molecule has 0 heterocycles. The van der Waals surface area contributed by atoms with E-state index in [-0.39, 0.29) is 17.5 Å². The summed E-state index contributed by atoms with van der Waals surface area (Å²) in [6.07, 6.45) is 1.34. The molecule has 0 aliphatic carbocycles. The number of nitrogens with one attached hydrogen (secondary N) is 2. The number of hydrogen-bond donors (Lipinski definition) is 3. The number of ether oxygens (including phenoxy) is 1. The van der Waals surface area contributed by atoms with Crippen LogP contribution in [0.1, 0.15) is 12.5 Å². The summed E-state index contributed by atoms with van der Waals surface area (Å²) in [5, 5.41) is 28.0. The molecule has 2 rings (SSSR count). The summed E-state index contributed by atoms with van der Waals surface area (Å²) in [6.45, 7) is 1.97. The van der Waals surface area contributed by atoms with Crippen molar-refractivity contribution in [2.75, 3.05) is 11.9 Å². The predicted molar refractivity (Wildman–Crippen MR) is 99.3 cm³/mol. The highest BCUT2D eigenvalue weighted by Crippen LogP contribution is 2.36. The monoisotopic (exact) mass is 360 g/mol. The van der Waals surface area contributed by atoms with Crippen molar-refractivity contribution in [2.24, 2.45) is 5.10 Å². The molecule has 0 unspecified atom stereocenters. The number of benzene rings is 2. The highest BCUT2D eigenvalue weighted by molar-refractivity contribution is 7.80. The summed E-state index contributed by atoms with van der Waals surface area (Å²) in [7, 11) is 0. The molecular weight excluding hydrogens is 344 g/mol. The van der Waals surface area contributed by atoms with E-state index in [9.17, 15) is 15.2 Å². The zero-order chi connectivity index (χ0) is 18.2. The maximum absolute atomic E-state index is 11.0. The molecule has 0 atom stereocenters. The van der Waals surface area contributed by atoms with Gasteiger partial charge in [0.05, 0.1) is 17.7 Å². The van der Waals surface area contributed by atoms with Gasteiger partial charge in [-0.25, -0.2) is 0 Å². The highest BCUT2D eigenvalue weighted by atomic mass is 32.1. The first-order valence-corrected chi connectivity index (χ1v) is 7.71. The first-order valence-electron chi connectivity index (χ1n) is 7.30. The summed E-state index contributed by atoms with van der Waals surface area (Å²) in [6, 6.07) is 11.9. The number of nitro groups is 1. The van der Waals surface area contributed by atoms with Crippen molar-refractivity contribution in [3.63, 3.8) is 0 Å². The molecule has 0 amide bonds. The largest absolute Gasteiger partial charge is 0.500 e. The number of rotatable bonds is 6. The van der Waals surface area contributed by atoms with E-state index in [1.807, 2.05) is 30.3 Å². The van der Waals surface area contributed by atoms with Gasteiger partial charge in [0.2, 0.25) is 5.75 Å². The summed E-state index contributed by atoms with van der Waals surface area (Å²) < 4.78 is 5.20. The second-order valence-corrected chi connectivity index (χ2v) is 5.18. The van der Waals surface area contributed by atoms with Gasteiger partial charge < -0.3 is 15.2 Å². The minimum atomic E-state index is -0.690. The molecular formula is C16H16N4O4S. The van der Waals surface area contributed by atoms with Crippen LogP contribution in [0, 0.1) is 10.1 Å². The van der Waals surface area contributed by atoms with Crippen molar-refractivity contribution in [3.8, 4) is 11.5 Å². The van der Waals surface area contributed by atoms with Gasteiger partial charge in [-0.3, -0.25) is 15.5 Å². The lowest BCUT2D eigenvalue weighted by Gasteiger charge is -2.08. The second-order valence-electron chi connectivity index (χ2n) is 4.77. The molecule has 0 fully saturated rings. The van der Waals surface area contributed by atoms with Crippen LogP contribution in [0.5, 0.6) is 11.5 Å². The number of para-hydroxylation sites is 1. The van der Waals surface area contributed by atoms with Crippen LogP contribution >= 0.6 is 12.2 Å². The Balaban J connectivity index is 2.09. The maximum atomic E-state index is 11.0. The quantitative estimate of drug-likeness (QED) is 0.314. The Labute approximate surface area is 149 Å². The zero-order valence-electron chi connectivity index (χ0n) is 13.3. The van der Waals surface area contributed by atoms with E-state index in [0.717, 1.165) is 5.69 Å². The van der Waals surface area contributed by atoms with E-state index in [1.165, 1.54) is 18.3 Å². The Bertz CT molecular complexity index is 796. The third-order valence-corrected chi connectivity index (χ3v) is 3.18. The van der Waals surface area contributed by atoms with Crippen LogP contribution in [-0.2, 0) is 0 Å². The molecule has 25 heavy (non-hydrogen) atoms. The van der Waals surface area contributed by atoms with Gasteiger partial charge >= 0.3 is 5.69 Å². The van der Waals surface area contributed by atoms with Crippen LogP contribution < -0.4 is 15.5 Å². The number of aromatic hydroxyl groups is 1. The normalized spacial score (nSPS) is 10.4. The molecule has 0 bridgehead atoms. The number of nitro benzene ring substituents is 1. The number of anilines is 1. The van der Waals surface area contributed by atoms with Gasteiger partial charge in [-0.1, -0.05) is 18.2 Å². The lowest BCUT2D eigenvalue weighted by atomic mass is 10.2. The Morgan fingerprint density at radius 2 is 2.12 bits per heavy atom. The fourth-order valence-electron chi connectivity index (χ4n) is 1.94. The number of phenols is 1. The van der Waals surface area contributed by atoms with Crippen LogP contribution in [0.4, 0.5) is 11.4 Å². The van der Waals surface area contributed by atoms with Crippen LogP contribution in [0.15, 0.2) is 47.6 Å². The van der Waals surface area contributed by atoms with E-state index in [4.69, 9.17) is 17.0 Å². The smallest absolute Gasteiger partial charge is 0.315 e. The van der Waals surface area contributed by atoms with Crippen LogP contribution in [0.3, 0.4) is 0 Å². The molecule has 3 N–H and O–H groups in total. The summed E-state index contributed by atoms with van der Waals surface area (Å²) in [4.78, 5) is 10.3. The minimum absolute atomic E-state index is 0.0168. The van der Waals surface area contributed by atoms with Gasteiger partial charge in [0.25, 0.3) is 0 Å². The summed E-state index contributed by atoms with van der Waals surface area (Å²) >= 11 is 5.10. The van der Waals surface area contributed by atoms with Crippen LogP contribution in [0.2, 0.25) is 0 Å². The molecule has 0 aromatic heterocycles. The number of nitrogens with zero attached hydrogens (tertiary/aromatic N) is 2. The van der Waals surface area contributed by atoms with Crippen molar-refractivity contribution in [1.29, 1.82) is 0 Å². The van der Waals surface area contributed by atoms with E-state index in [2.05, 4.69) is 15.8 Å². The zero-order valence-corrected chi connectivity index (χ0v) is 14.1. The van der Waals surface area contributed by atoms with E-state index < -0.39 is 16.4 Å². The van der Waals surface area contributed by atoms with E-state index >= 15 is 0 Å². The van der Waals surface area contributed by atoms with Gasteiger partial charge in [-0.05, 0) is 37.3 Å². The fourth-order valence-corrected chi connectivity index (χ4v) is 2.11. The Morgan fingerprint density at radius 3 is 2.76 bits per heavy atom. The molecule has 9 heteroatoms. The molecule has 0 saturated heterocycles. The van der Waals surface area contributed by atoms with Crippen LogP contribution in [-0.4, -0.2) is 28.0 Å². The minimum Gasteiger partial charge on any atom is -0.500 e. The van der Waals surface area contributed by atoms with Crippen molar-refractivity contribution in [2.45, 2.75) is 6.92 Å². The molecule has 0 spiro atoms. The number of phenolic OH excluding ortho intramolecular Hbond substituents is 1. The Hall–Kier alpha value is -3.20. The third kappa shape index (κ3) is 5.15. The van der Waals surface area contributed by atoms with Crippen LogP contribution in [0.25, 0.3) is 0 Å². The van der Waals surface area contributed by atoms with Crippen molar-refractivity contribution >= 4 is 34.9 Å². The molecule has 0 aliphatic rings. The van der Waals surface area contributed by atoms with Gasteiger partial charge in [0.15, 0.2) is 10.9 Å². The fraction of sp³-hybridized carbons (Fsp3) is 0.125. The average Bonchev–Trinajstić information content (AvgIpc) is 2.58. The van der Waals surface area contributed by atoms with Gasteiger partial charge in [-0.2, -0.15) is 5.10 Å². The lowest BCUT2D eigenvalue weighted by Crippen LogP contribution is -2.23. The molecule has 130 valence electrons. The van der Waals surface area contributed by atoms with Gasteiger partial charge in [0, 0.05) is 17.3 Å². The lowest BCUT2D eigenvalue weighted by molar-refractivity contribution is -0.386. The molecule has 2 aromatic carbocycles. The highest BCUT2D eigenvalue weighted by Gasteiger charge is 2.19. The predicted octanol–water partition coefficient (Wildman–Crippen LogP) is 3.02. The Morgan fingerprint density at radius 1 is 1.40 bits per heavy atom. The average molecular weight is 360 g/mol. The number of thiocarbonyl (C=S) groups is 1. The second kappa shape index (κ2) is 8.60.